The molecule has 0 saturated carbocycles. The van der Waals surface area contributed by atoms with E-state index in [1.807, 2.05) is 47.3 Å². The molecule has 3 aromatic rings. The maximum absolute atomic E-state index is 12.4. The molecule has 29 heavy (non-hydrogen) atoms. The fourth-order valence-corrected chi connectivity index (χ4v) is 4.19. The van der Waals surface area contributed by atoms with Crippen molar-refractivity contribution >= 4 is 28.3 Å². The van der Waals surface area contributed by atoms with Gasteiger partial charge in [0.05, 0.1) is 5.92 Å². The van der Waals surface area contributed by atoms with Gasteiger partial charge < -0.3 is 5.32 Å². The molecule has 0 aliphatic carbocycles. The van der Waals surface area contributed by atoms with Crippen LogP contribution in [0.2, 0.25) is 0 Å². The van der Waals surface area contributed by atoms with Crippen LogP contribution in [0.5, 0.6) is 0 Å². The summed E-state index contributed by atoms with van der Waals surface area (Å²) in [5, 5.41) is 16.9. The summed E-state index contributed by atoms with van der Waals surface area (Å²) in [6, 6.07) is 11.9. The number of nitrogens with zero attached hydrogens (tertiary/aromatic N) is 5. The van der Waals surface area contributed by atoms with Crippen LogP contribution in [0, 0.1) is 5.92 Å². The van der Waals surface area contributed by atoms with Crippen molar-refractivity contribution in [2.75, 3.05) is 18.0 Å². The predicted octanol–water partition coefficient (Wildman–Crippen LogP) is 1.88. The zero-order valence-electron chi connectivity index (χ0n) is 15.9. The van der Waals surface area contributed by atoms with E-state index in [2.05, 4.69) is 20.6 Å². The number of amides is 2. The van der Waals surface area contributed by atoms with Crippen molar-refractivity contribution in [3.63, 3.8) is 0 Å². The van der Waals surface area contributed by atoms with E-state index in [1.54, 1.807) is 11.1 Å². The average Bonchev–Trinajstić information content (AvgIpc) is 3.47. The SMILES string of the molecule is O=C(NCCCn1cccn1)C1CC(=O)N(c2nnc(Cc3ccccc3)s2)C1. The standard InChI is InChI=1S/C20H22N6O2S/c27-18-13-16(19(28)21-8-4-10-25-11-5-9-22-25)14-26(18)20-24-23-17(29-20)12-15-6-2-1-3-7-15/h1-3,5-7,9,11,16H,4,8,10,12-14H2,(H,21,28). The van der Waals surface area contributed by atoms with Gasteiger partial charge in [-0.1, -0.05) is 41.7 Å². The molecule has 1 aliphatic rings. The van der Waals surface area contributed by atoms with Crippen LogP contribution in [-0.2, 0) is 22.6 Å². The van der Waals surface area contributed by atoms with E-state index in [9.17, 15) is 9.59 Å². The first-order chi connectivity index (χ1) is 14.2. The molecular formula is C20H22N6O2S. The van der Waals surface area contributed by atoms with Gasteiger partial charge in [0.25, 0.3) is 0 Å². The Labute approximate surface area is 172 Å². The van der Waals surface area contributed by atoms with Gasteiger partial charge in [-0.3, -0.25) is 19.2 Å². The van der Waals surface area contributed by atoms with Crippen molar-refractivity contribution < 1.29 is 9.59 Å². The quantitative estimate of drug-likeness (QED) is 0.573. The van der Waals surface area contributed by atoms with E-state index in [4.69, 9.17) is 0 Å². The van der Waals surface area contributed by atoms with Gasteiger partial charge in [-0.25, -0.2) is 0 Å². The third-order valence-corrected chi connectivity index (χ3v) is 5.75. The maximum Gasteiger partial charge on any atom is 0.229 e. The maximum atomic E-state index is 12.4. The van der Waals surface area contributed by atoms with Crippen LogP contribution >= 0.6 is 11.3 Å². The summed E-state index contributed by atoms with van der Waals surface area (Å²) in [6.07, 6.45) is 5.30. The third-order valence-electron chi connectivity index (χ3n) is 4.80. The van der Waals surface area contributed by atoms with Gasteiger partial charge in [0, 0.05) is 44.9 Å². The van der Waals surface area contributed by atoms with Gasteiger partial charge >= 0.3 is 0 Å². The Kier molecular flexibility index (Phi) is 5.95. The number of aryl methyl sites for hydroxylation is 1. The van der Waals surface area contributed by atoms with Crippen LogP contribution in [0.25, 0.3) is 0 Å². The minimum atomic E-state index is -0.353. The van der Waals surface area contributed by atoms with E-state index < -0.39 is 0 Å². The number of benzene rings is 1. The molecule has 0 bridgehead atoms. The summed E-state index contributed by atoms with van der Waals surface area (Å²) in [5.41, 5.74) is 1.15. The normalized spacial score (nSPS) is 16.3. The van der Waals surface area contributed by atoms with Crippen LogP contribution < -0.4 is 10.2 Å². The van der Waals surface area contributed by atoms with Gasteiger partial charge in [-0.15, -0.1) is 10.2 Å². The number of anilines is 1. The Morgan fingerprint density at radius 3 is 2.86 bits per heavy atom. The molecule has 1 saturated heterocycles. The summed E-state index contributed by atoms with van der Waals surface area (Å²) in [6.45, 7) is 1.66. The lowest BCUT2D eigenvalue weighted by molar-refractivity contribution is -0.126. The Hall–Kier alpha value is -3.07. The highest BCUT2D eigenvalue weighted by molar-refractivity contribution is 7.15. The highest BCUT2D eigenvalue weighted by Gasteiger charge is 2.36. The number of carbonyl (C=O) groups is 2. The van der Waals surface area contributed by atoms with Crippen LogP contribution in [-0.4, -0.2) is 44.9 Å². The molecule has 2 amide bonds. The second kappa shape index (κ2) is 8.95. The molecule has 1 atom stereocenters. The highest BCUT2D eigenvalue weighted by atomic mass is 32.1. The van der Waals surface area contributed by atoms with E-state index in [0.29, 0.717) is 24.6 Å². The van der Waals surface area contributed by atoms with Crippen LogP contribution in [0.1, 0.15) is 23.4 Å². The van der Waals surface area contributed by atoms with Gasteiger partial charge in [-0.05, 0) is 18.1 Å². The Morgan fingerprint density at radius 2 is 2.07 bits per heavy atom. The van der Waals surface area contributed by atoms with E-state index in [1.165, 1.54) is 11.3 Å². The van der Waals surface area contributed by atoms with Crippen LogP contribution in [0.15, 0.2) is 48.8 Å². The Balaban J connectivity index is 1.28. The first-order valence-corrected chi connectivity index (χ1v) is 10.4. The number of hydrogen-bond acceptors (Lipinski definition) is 6. The minimum Gasteiger partial charge on any atom is -0.356 e. The predicted molar refractivity (Wildman–Crippen MR) is 109 cm³/mol. The van der Waals surface area contributed by atoms with E-state index in [-0.39, 0.29) is 24.2 Å². The first-order valence-electron chi connectivity index (χ1n) is 9.61. The lowest BCUT2D eigenvalue weighted by Crippen LogP contribution is -2.33. The Morgan fingerprint density at radius 1 is 1.21 bits per heavy atom. The zero-order valence-corrected chi connectivity index (χ0v) is 16.7. The van der Waals surface area contributed by atoms with Crippen molar-refractivity contribution in [3.05, 3.63) is 59.4 Å². The molecule has 1 aliphatic heterocycles. The van der Waals surface area contributed by atoms with Gasteiger partial charge in [0.1, 0.15) is 5.01 Å². The van der Waals surface area contributed by atoms with E-state index in [0.717, 1.165) is 23.5 Å². The summed E-state index contributed by atoms with van der Waals surface area (Å²) in [4.78, 5) is 26.4. The second-order valence-corrected chi connectivity index (χ2v) is 8.00. The van der Waals surface area contributed by atoms with Crippen LogP contribution in [0.3, 0.4) is 0 Å². The molecule has 2 aromatic heterocycles. The minimum absolute atomic E-state index is 0.0795. The van der Waals surface area contributed by atoms with Crippen molar-refractivity contribution in [1.82, 2.24) is 25.3 Å². The van der Waals surface area contributed by atoms with Gasteiger partial charge in [-0.2, -0.15) is 5.10 Å². The fraction of sp³-hybridized carbons (Fsp3) is 0.350. The van der Waals surface area contributed by atoms with Crippen molar-refractivity contribution in [3.8, 4) is 0 Å². The summed E-state index contributed by atoms with van der Waals surface area (Å²) < 4.78 is 1.83. The first kappa shape index (κ1) is 19.3. The fourth-order valence-electron chi connectivity index (χ4n) is 3.29. The second-order valence-electron chi connectivity index (χ2n) is 6.96. The number of nitrogens with one attached hydrogen (secondary N) is 1. The largest absolute Gasteiger partial charge is 0.356 e. The molecule has 0 spiro atoms. The molecule has 1 N–H and O–H groups in total. The van der Waals surface area contributed by atoms with Gasteiger partial charge in [0.15, 0.2) is 0 Å². The molecule has 4 rings (SSSR count). The van der Waals surface area contributed by atoms with Crippen molar-refractivity contribution in [2.45, 2.75) is 25.8 Å². The number of rotatable bonds is 8. The highest BCUT2D eigenvalue weighted by Crippen LogP contribution is 2.28. The third kappa shape index (κ3) is 4.86. The van der Waals surface area contributed by atoms with Crippen molar-refractivity contribution in [2.24, 2.45) is 5.92 Å². The molecule has 0 radical (unpaired) electrons. The van der Waals surface area contributed by atoms with Gasteiger partial charge in [0.2, 0.25) is 16.9 Å². The lowest BCUT2D eigenvalue weighted by atomic mass is 10.1. The average molecular weight is 411 g/mol. The number of aromatic nitrogens is 4. The lowest BCUT2D eigenvalue weighted by Gasteiger charge is -2.12. The van der Waals surface area contributed by atoms with Crippen molar-refractivity contribution in [1.29, 1.82) is 0 Å². The topological polar surface area (TPSA) is 93.0 Å². The van der Waals surface area contributed by atoms with Crippen LogP contribution in [0.4, 0.5) is 5.13 Å². The zero-order chi connectivity index (χ0) is 20.1. The molecule has 150 valence electrons. The monoisotopic (exact) mass is 410 g/mol. The molecule has 1 unspecified atom stereocenters. The molecule has 3 heterocycles. The molecule has 8 nitrogen and oxygen atoms in total. The smallest absolute Gasteiger partial charge is 0.229 e. The summed E-state index contributed by atoms with van der Waals surface area (Å²) in [7, 11) is 0. The number of hydrogen-bond donors (Lipinski definition) is 1. The molecule has 9 heteroatoms. The molecule has 1 fully saturated rings. The molecular weight excluding hydrogens is 388 g/mol. The Bertz CT molecular complexity index is 957. The summed E-state index contributed by atoms with van der Waals surface area (Å²) in [5.74, 6) is -0.520. The molecule has 1 aromatic carbocycles. The summed E-state index contributed by atoms with van der Waals surface area (Å²) >= 11 is 1.40. The van der Waals surface area contributed by atoms with E-state index >= 15 is 0 Å². The number of carbonyl (C=O) groups excluding carboxylic acids is 2.